The maximum absolute atomic E-state index is 14.0. The van der Waals surface area contributed by atoms with Crippen LogP contribution in [0.25, 0.3) is 0 Å². The van der Waals surface area contributed by atoms with Crippen LogP contribution in [0.3, 0.4) is 0 Å². The summed E-state index contributed by atoms with van der Waals surface area (Å²) in [4.78, 5) is 0. The standard InChI is InChI=1S/C18H22FN/c1-13(2)11-14-7-6-8-15(12-14)18(20-3)16-9-4-5-10-17(16)19/h4-10,12-13,18,20H,11H2,1-3H3. The highest BCUT2D eigenvalue weighted by Gasteiger charge is 2.15. The predicted molar refractivity (Wildman–Crippen MR) is 82.3 cm³/mol. The van der Waals surface area contributed by atoms with E-state index in [1.165, 1.54) is 11.6 Å². The van der Waals surface area contributed by atoms with Gasteiger partial charge in [-0.3, -0.25) is 0 Å². The fraction of sp³-hybridized carbons (Fsp3) is 0.333. The van der Waals surface area contributed by atoms with Crippen LogP contribution in [0.5, 0.6) is 0 Å². The molecule has 0 radical (unpaired) electrons. The molecule has 0 fully saturated rings. The summed E-state index contributed by atoms with van der Waals surface area (Å²) >= 11 is 0. The van der Waals surface area contributed by atoms with Crippen LogP contribution in [-0.4, -0.2) is 7.05 Å². The van der Waals surface area contributed by atoms with Gasteiger partial charge in [-0.2, -0.15) is 0 Å². The Balaban J connectivity index is 2.35. The number of nitrogens with one attached hydrogen (secondary N) is 1. The molecule has 0 saturated heterocycles. The zero-order valence-electron chi connectivity index (χ0n) is 12.4. The van der Waals surface area contributed by atoms with Crippen molar-refractivity contribution in [3.8, 4) is 0 Å². The average molecular weight is 271 g/mol. The fourth-order valence-corrected chi connectivity index (χ4v) is 2.58. The molecule has 2 aromatic carbocycles. The predicted octanol–water partition coefficient (Wildman–Crippen LogP) is 4.33. The number of hydrogen-bond donors (Lipinski definition) is 1. The Morgan fingerprint density at radius 2 is 1.80 bits per heavy atom. The largest absolute Gasteiger partial charge is 0.309 e. The van der Waals surface area contributed by atoms with Gasteiger partial charge in [0.25, 0.3) is 0 Å². The van der Waals surface area contributed by atoms with Crippen molar-refractivity contribution in [2.24, 2.45) is 5.92 Å². The normalized spacial score (nSPS) is 12.7. The number of halogens is 1. The Morgan fingerprint density at radius 1 is 1.05 bits per heavy atom. The molecule has 1 N–H and O–H groups in total. The summed E-state index contributed by atoms with van der Waals surface area (Å²) in [6.07, 6.45) is 1.04. The third kappa shape index (κ3) is 3.45. The van der Waals surface area contributed by atoms with Gasteiger partial charge in [0.1, 0.15) is 5.82 Å². The Labute approximate surface area is 120 Å². The van der Waals surface area contributed by atoms with Crippen molar-refractivity contribution in [3.05, 3.63) is 71.0 Å². The van der Waals surface area contributed by atoms with Crippen LogP contribution in [0.4, 0.5) is 4.39 Å². The summed E-state index contributed by atoms with van der Waals surface area (Å²) in [6, 6.07) is 15.3. The average Bonchev–Trinajstić information content (AvgIpc) is 2.41. The van der Waals surface area contributed by atoms with Crippen molar-refractivity contribution >= 4 is 0 Å². The molecular weight excluding hydrogens is 249 g/mol. The van der Waals surface area contributed by atoms with E-state index in [2.05, 4.69) is 43.4 Å². The fourth-order valence-electron chi connectivity index (χ4n) is 2.58. The molecule has 0 aliphatic heterocycles. The highest BCUT2D eigenvalue weighted by atomic mass is 19.1. The molecule has 0 heterocycles. The third-order valence-electron chi connectivity index (χ3n) is 3.43. The summed E-state index contributed by atoms with van der Waals surface area (Å²) in [5, 5.41) is 3.22. The van der Waals surface area contributed by atoms with Crippen LogP contribution < -0.4 is 5.32 Å². The first-order valence-electron chi connectivity index (χ1n) is 7.12. The summed E-state index contributed by atoms with van der Waals surface area (Å²) < 4.78 is 14.0. The molecule has 1 nitrogen and oxygen atoms in total. The minimum Gasteiger partial charge on any atom is -0.309 e. The molecular formula is C18H22FN. The Bertz CT molecular complexity index is 563. The molecule has 0 aromatic heterocycles. The van der Waals surface area contributed by atoms with Gasteiger partial charge in [0.15, 0.2) is 0 Å². The van der Waals surface area contributed by atoms with E-state index >= 15 is 0 Å². The quantitative estimate of drug-likeness (QED) is 0.853. The van der Waals surface area contributed by atoms with Gasteiger partial charge in [-0.1, -0.05) is 56.3 Å². The molecule has 0 aliphatic rings. The minimum atomic E-state index is -0.166. The number of rotatable bonds is 5. The Kier molecular flexibility index (Phi) is 4.91. The van der Waals surface area contributed by atoms with Crippen LogP contribution in [0.15, 0.2) is 48.5 Å². The molecule has 0 saturated carbocycles. The second-order valence-electron chi connectivity index (χ2n) is 5.59. The lowest BCUT2D eigenvalue weighted by Crippen LogP contribution is -2.19. The molecule has 2 rings (SSSR count). The summed E-state index contributed by atoms with van der Waals surface area (Å²) in [6.45, 7) is 4.41. The van der Waals surface area contributed by atoms with Crippen molar-refractivity contribution in [1.29, 1.82) is 0 Å². The van der Waals surface area contributed by atoms with Gasteiger partial charge in [0.2, 0.25) is 0 Å². The minimum absolute atomic E-state index is 0.108. The summed E-state index contributed by atoms with van der Waals surface area (Å²) in [7, 11) is 1.87. The van der Waals surface area contributed by atoms with Crippen molar-refractivity contribution in [2.75, 3.05) is 7.05 Å². The van der Waals surface area contributed by atoms with E-state index in [0.29, 0.717) is 11.5 Å². The zero-order chi connectivity index (χ0) is 14.5. The van der Waals surface area contributed by atoms with E-state index in [-0.39, 0.29) is 11.9 Å². The van der Waals surface area contributed by atoms with E-state index in [1.807, 2.05) is 19.2 Å². The van der Waals surface area contributed by atoms with Gasteiger partial charge in [-0.25, -0.2) is 4.39 Å². The van der Waals surface area contributed by atoms with Gasteiger partial charge in [-0.15, -0.1) is 0 Å². The molecule has 20 heavy (non-hydrogen) atoms. The highest BCUT2D eigenvalue weighted by Crippen LogP contribution is 2.25. The van der Waals surface area contributed by atoms with Crippen LogP contribution in [0.2, 0.25) is 0 Å². The molecule has 1 unspecified atom stereocenters. The Hall–Kier alpha value is -1.67. The highest BCUT2D eigenvalue weighted by molar-refractivity contribution is 5.35. The van der Waals surface area contributed by atoms with Crippen molar-refractivity contribution in [2.45, 2.75) is 26.3 Å². The third-order valence-corrected chi connectivity index (χ3v) is 3.43. The molecule has 106 valence electrons. The topological polar surface area (TPSA) is 12.0 Å². The molecule has 0 bridgehead atoms. The van der Waals surface area contributed by atoms with E-state index < -0.39 is 0 Å². The lowest BCUT2D eigenvalue weighted by Gasteiger charge is -2.19. The second kappa shape index (κ2) is 6.67. The molecule has 0 amide bonds. The molecule has 2 aromatic rings. The van der Waals surface area contributed by atoms with E-state index in [1.54, 1.807) is 6.07 Å². The first-order chi connectivity index (χ1) is 9.61. The monoisotopic (exact) mass is 271 g/mol. The van der Waals surface area contributed by atoms with Gasteiger partial charge >= 0.3 is 0 Å². The van der Waals surface area contributed by atoms with Gasteiger partial charge in [0.05, 0.1) is 6.04 Å². The smallest absolute Gasteiger partial charge is 0.128 e. The number of hydrogen-bond acceptors (Lipinski definition) is 1. The molecule has 0 spiro atoms. The van der Waals surface area contributed by atoms with Crippen LogP contribution >= 0.6 is 0 Å². The Morgan fingerprint density at radius 3 is 2.45 bits per heavy atom. The van der Waals surface area contributed by atoms with E-state index in [9.17, 15) is 4.39 Å². The van der Waals surface area contributed by atoms with Gasteiger partial charge in [-0.05, 0) is 36.6 Å². The van der Waals surface area contributed by atoms with E-state index in [4.69, 9.17) is 0 Å². The molecule has 0 aliphatic carbocycles. The summed E-state index contributed by atoms with van der Waals surface area (Å²) in [5.41, 5.74) is 3.10. The second-order valence-corrected chi connectivity index (χ2v) is 5.59. The zero-order valence-corrected chi connectivity index (χ0v) is 12.4. The van der Waals surface area contributed by atoms with Crippen molar-refractivity contribution in [3.63, 3.8) is 0 Å². The molecule has 2 heteroatoms. The van der Waals surface area contributed by atoms with Crippen molar-refractivity contribution < 1.29 is 4.39 Å². The van der Waals surface area contributed by atoms with Crippen molar-refractivity contribution in [1.82, 2.24) is 5.32 Å². The number of benzene rings is 2. The SMILES string of the molecule is CNC(c1cccc(CC(C)C)c1)c1ccccc1F. The first kappa shape index (κ1) is 14.7. The maximum atomic E-state index is 14.0. The van der Waals surface area contributed by atoms with Gasteiger partial charge in [0, 0.05) is 5.56 Å². The lowest BCUT2D eigenvalue weighted by molar-refractivity contribution is 0.575. The maximum Gasteiger partial charge on any atom is 0.128 e. The molecule has 1 atom stereocenters. The van der Waals surface area contributed by atoms with E-state index in [0.717, 1.165) is 12.0 Å². The van der Waals surface area contributed by atoms with Crippen LogP contribution in [-0.2, 0) is 6.42 Å². The summed E-state index contributed by atoms with van der Waals surface area (Å²) in [5.74, 6) is 0.452. The van der Waals surface area contributed by atoms with Crippen LogP contribution in [0, 0.1) is 11.7 Å². The first-order valence-corrected chi connectivity index (χ1v) is 7.12. The lowest BCUT2D eigenvalue weighted by atomic mass is 9.94. The van der Waals surface area contributed by atoms with Gasteiger partial charge < -0.3 is 5.32 Å². The van der Waals surface area contributed by atoms with Crippen LogP contribution in [0.1, 0.15) is 36.6 Å².